The third-order valence-corrected chi connectivity index (χ3v) is 4.55. The molecule has 3 N–H and O–H groups in total. The zero-order valence-electron chi connectivity index (χ0n) is 11.9. The maximum Gasteiger partial charge on any atom is 0.0241 e. The van der Waals surface area contributed by atoms with E-state index in [1.807, 2.05) is 0 Å². The van der Waals surface area contributed by atoms with E-state index in [0.717, 1.165) is 11.8 Å². The third kappa shape index (κ3) is 5.39. The highest BCUT2D eigenvalue weighted by molar-refractivity contribution is 4.78. The normalized spacial score (nSPS) is 21.4. The van der Waals surface area contributed by atoms with Crippen LogP contribution in [0.4, 0.5) is 0 Å². The molecule has 2 nitrogen and oxygen atoms in total. The number of nitrogens with one attached hydrogen (secondary N) is 1. The quantitative estimate of drug-likeness (QED) is 0.497. The Labute approximate surface area is 108 Å². The maximum absolute atomic E-state index is 5.79. The largest absolute Gasteiger partial charge is 0.271 e. The first-order valence-electron chi connectivity index (χ1n) is 7.77. The first-order valence-corrected chi connectivity index (χ1v) is 7.77. The summed E-state index contributed by atoms with van der Waals surface area (Å²) in [6.07, 6.45) is 13.8. The van der Waals surface area contributed by atoms with E-state index in [2.05, 4.69) is 19.3 Å². The van der Waals surface area contributed by atoms with Gasteiger partial charge in [-0.15, -0.1) is 0 Å². The molecule has 17 heavy (non-hydrogen) atoms. The molecule has 0 amide bonds. The lowest BCUT2D eigenvalue weighted by Crippen LogP contribution is -2.42. The van der Waals surface area contributed by atoms with Crippen LogP contribution in [0.5, 0.6) is 0 Å². The van der Waals surface area contributed by atoms with Gasteiger partial charge in [0.2, 0.25) is 0 Å². The van der Waals surface area contributed by atoms with E-state index in [4.69, 9.17) is 5.84 Å². The van der Waals surface area contributed by atoms with Gasteiger partial charge in [0.25, 0.3) is 0 Å². The minimum absolute atomic E-state index is 0.551. The number of nitrogens with two attached hydrogens (primary N) is 1. The summed E-state index contributed by atoms with van der Waals surface area (Å²) in [5.74, 6) is 7.50. The molecule has 2 atom stereocenters. The molecule has 1 aliphatic carbocycles. The van der Waals surface area contributed by atoms with E-state index < -0.39 is 0 Å². The van der Waals surface area contributed by atoms with Crippen LogP contribution < -0.4 is 11.3 Å². The first-order chi connectivity index (χ1) is 8.31. The van der Waals surface area contributed by atoms with Crippen LogP contribution in [-0.2, 0) is 0 Å². The fraction of sp³-hybridized carbons (Fsp3) is 1.00. The van der Waals surface area contributed by atoms with Crippen molar-refractivity contribution in [1.29, 1.82) is 0 Å². The molecule has 0 aromatic heterocycles. The standard InChI is InChI=1S/C15H32N2/c1-3-5-11-14(4-2)15(17-16)12-13-9-7-6-8-10-13/h13-15,17H,3-12,16H2,1-2H3. The lowest BCUT2D eigenvalue weighted by atomic mass is 9.80. The molecule has 0 radical (unpaired) electrons. The topological polar surface area (TPSA) is 38.0 Å². The van der Waals surface area contributed by atoms with Crippen LogP contribution >= 0.6 is 0 Å². The van der Waals surface area contributed by atoms with E-state index >= 15 is 0 Å². The molecule has 0 bridgehead atoms. The summed E-state index contributed by atoms with van der Waals surface area (Å²) in [5, 5.41) is 0. The summed E-state index contributed by atoms with van der Waals surface area (Å²) >= 11 is 0. The molecule has 2 unspecified atom stereocenters. The molecule has 0 aliphatic heterocycles. The Kier molecular flexibility index (Phi) is 7.87. The molecule has 0 spiro atoms. The van der Waals surface area contributed by atoms with Crippen molar-refractivity contribution in [3.8, 4) is 0 Å². The smallest absolute Gasteiger partial charge is 0.0241 e. The fourth-order valence-electron chi connectivity index (χ4n) is 3.33. The second-order valence-corrected chi connectivity index (χ2v) is 5.82. The van der Waals surface area contributed by atoms with Crippen molar-refractivity contribution in [2.45, 2.75) is 84.1 Å². The van der Waals surface area contributed by atoms with Crippen molar-refractivity contribution in [2.24, 2.45) is 17.7 Å². The van der Waals surface area contributed by atoms with Crippen molar-refractivity contribution < 1.29 is 0 Å². The van der Waals surface area contributed by atoms with E-state index in [0.29, 0.717) is 6.04 Å². The molecule has 0 aromatic rings. The van der Waals surface area contributed by atoms with Gasteiger partial charge in [0.1, 0.15) is 0 Å². The average Bonchev–Trinajstić information content (AvgIpc) is 2.39. The molecule has 1 rings (SSSR count). The molecule has 2 heteroatoms. The fourth-order valence-corrected chi connectivity index (χ4v) is 3.33. The minimum Gasteiger partial charge on any atom is -0.271 e. The van der Waals surface area contributed by atoms with Gasteiger partial charge in [0, 0.05) is 6.04 Å². The first kappa shape index (κ1) is 15.0. The molecule has 0 heterocycles. The predicted molar refractivity (Wildman–Crippen MR) is 75.6 cm³/mol. The van der Waals surface area contributed by atoms with Crippen LogP contribution in [0.25, 0.3) is 0 Å². The Hall–Kier alpha value is -0.0800. The molecular weight excluding hydrogens is 208 g/mol. The van der Waals surface area contributed by atoms with Gasteiger partial charge >= 0.3 is 0 Å². The third-order valence-electron chi connectivity index (χ3n) is 4.55. The molecule has 1 saturated carbocycles. The van der Waals surface area contributed by atoms with Crippen molar-refractivity contribution in [1.82, 2.24) is 5.43 Å². The highest BCUT2D eigenvalue weighted by Gasteiger charge is 2.23. The van der Waals surface area contributed by atoms with Crippen molar-refractivity contribution in [3.05, 3.63) is 0 Å². The lowest BCUT2D eigenvalue weighted by molar-refractivity contribution is 0.236. The molecule has 0 saturated heterocycles. The van der Waals surface area contributed by atoms with Crippen LogP contribution in [0, 0.1) is 11.8 Å². The van der Waals surface area contributed by atoms with Crippen molar-refractivity contribution in [3.63, 3.8) is 0 Å². The van der Waals surface area contributed by atoms with E-state index in [9.17, 15) is 0 Å². The Morgan fingerprint density at radius 1 is 1.18 bits per heavy atom. The number of rotatable bonds is 8. The Morgan fingerprint density at radius 2 is 1.88 bits per heavy atom. The van der Waals surface area contributed by atoms with Gasteiger partial charge in [0.05, 0.1) is 0 Å². The Balaban J connectivity index is 2.37. The van der Waals surface area contributed by atoms with Gasteiger partial charge in [-0.25, -0.2) is 0 Å². The van der Waals surface area contributed by atoms with E-state index in [1.165, 1.54) is 64.2 Å². The van der Waals surface area contributed by atoms with Gasteiger partial charge in [-0.2, -0.15) is 0 Å². The van der Waals surface area contributed by atoms with Gasteiger partial charge in [-0.1, -0.05) is 65.2 Å². The van der Waals surface area contributed by atoms with Crippen LogP contribution in [-0.4, -0.2) is 6.04 Å². The van der Waals surface area contributed by atoms with Crippen LogP contribution in [0.3, 0.4) is 0 Å². The summed E-state index contributed by atoms with van der Waals surface area (Å²) in [7, 11) is 0. The number of hydrogen-bond acceptors (Lipinski definition) is 2. The number of hydrogen-bond donors (Lipinski definition) is 2. The zero-order chi connectivity index (χ0) is 12.5. The number of hydrazine groups is 1. The van der Waals surface area contributed by atoms with Crippen LogP contribution in [0.1, 0.15) is 78.1 Å². The number of unbranched alkanes of at least 4 members (excludes halogenated alkanes) is 1. The second kappa shape index (κ2) is 8.93. The van der Waals surface area contributed by atoms with Gasteiger partial charge < -0.3 is 0 Å². The van der Waals surface area contributed by atoms with Gasteiger partial charge in [-0.3, -0.25) is 11.3 Å². The predicted octanol–water partition coefficient (Wildman–Crippen LogP) is 4.01. The van der Waals surface area contributed by atoms with E-state index in [1.54, 1.807) is 0 Å². The van der Waals surface area contributed by atoms with E-state index in [-0.39, 0.29) is 0 Å². The zero-order valence-corrected chi connectivity index (χ0v) is 11.9. The molecule has 1 aliphatic rings. The molecule has 0 aromatic carbocycles. The molecular formula is C15H32N2. The summed E-state index contributed by atoms with van der Waals surface area (Å²) < 4.78 is 0. The highest BCUT2D eigenvalue weighted by Crippen LogP contribution is 2.30. The average molecular weight is 240 g/mol. The maximum atomic E-state index is 5.79. The molecule has 102 valence electrons. The summed E-state index contributed by atoms with van der Waals surface area (Å²) in [4.78, 5) is 0. The van der Waals surface area contributed by atoms with Crippen LogP contribution in [0.15, 0.2) is 0 Å². The second-order valence-electron chi connectivity index (χ2n) is 5.82. The SMILES string of the molecule is CCCCC(CC)C(CC1CCCCC1)NN. The highest BCUT2D eigenvalue weighted by atomic mass is 15.2. The van der Waals surface area contributed by atoms with Gasteiger partial charge in [-0.05, 0) is 24.7 Å². The Bertz CT molecular complexity index is 176. The monoisotopic (exact) mass is 240 g/mol. The van der Waals surface area contributed by atoms with Gasteiger partial charge in [0.15, 0.2) is 0 Å². The minimum atomic E-state index is 0.551. The molecule has 1 fully saturated rings. The van der Waals surface area contributed by atoms with Crippen molar-refractivity contribution >= 4 is 0 Å². The van der Waals surface area contributed by atoms with Crippen molar-refractivity contribution in [2.75, 3.05) is 0 Å². The van der Waals surface area contributed by atoms with Crippen LogP contribution in [0.2, 0.25) is 0 Å². The summed E-state index contributed by atoms with van der Waals surface area (Å²) in [5.41, 5.74) is 3.11. The Morgan fingerprint density at radius 3 is 2.41 bits per heavy atom. The lowest BCUT2D eigenvalue weighted by Gasteiger charge is -2.31. The summed E-state index contributed by atoms with van der Waals surface area (Å²) in [6.45, 7) is 4.59. The summed E-state index contributed by atoms with van der Waals surface area (Å²) in [6, 6.07) is 0.551.